The minimum absolute atomic E-state index is 0. The van der Waals surface area contributed by atoms with Gasteiger partial charge in [-0.05, 0) is 98.8 Å². The third-order valence-corrected chi connectivity index (χ3v) is 10.5. The molecule has 0 atom stereocenters. The van der Waals surface area contributed by atoms with E-state index in [1.165, 1.54) is 24.3 Å². The fourth-order valence-electron chi connectivity index (χ4n) is 5.61. The first-order chi connectivity index (χ1) is 28.8. The van der Waals surface area contributed by atoms with E-state index in [0.717, 1.165) is 36.7 Å². The summed E-state index contributed by atoms with van der Waals surface area (Å²) in [5, 5.41) is 55.2. The Morgan fingerprint density at radius 1 is 0.651 bits per heavy atom. The summed E-state index contributed by atoms with van der Waals surface area (Å²) in [5.41, 5.74) is -1.34. The van der Waals surface area contributed by atoms with Gasteiger partial charge in [-0.25, -0.2) is 0 Å². The van der Waals surface area contributed by atoms with Crippen LogP contribution in [0.2, 0.25) is 0 Å². The summed E-state index contributed by atoms with van der Waals surface area (Å²) in [5.74, 6) is -0.109. The SMILES string of the molecule is CN(CCCCCC(=O)NCCCCCNc1c([N+](=O)[O-])cc([N+](=O)[O-])cc1[N+](=O)[O-])c1ccc(N=Nc2ccc(N=Nc3ccc(S(=O)(=O)O)cc3)cc2S(=O)(=O)O)cc1.[Na+].[Na+]. The molecule has 4 rings (SSSR count). The molecule has 1 amide bonds. The summed E-state index contributed by atoms with van der Waals surface area (Å²) in [6.07, 6.45) is 4.26. The Labute approximate surface area is 405 Å². The summed E-state index contributed by atoms with van der Waals surface area (Å²) in [6.45, 7) is 1.23. The second-order valence-corrected chi connectivity index (χ2v) is 16.0. The number of unbranched alkanes of at least 4 members (excludes halogenated alkanes) is 4. The third-order valence-electron chi connectivity index (χ3n) is 8.76. The number of hydrogen-bond donors (Lipinski definition) is 4. The van der Waals surface area contributed by atoms with Gasteiger partial charge in [0, 0.05) is 38.8 Å². The van der Waals surface area contributed by atoms with E-state index >= 15 is 0 Å². The standard InChI is InChI=1S/C36H40N10O13S2.2Na/c1-43(21-7-2-4-8-35(47)37-19-5-3-6-20-38-36-32(45(50)51)23-29(44(48)49)24-33(36)46(52)53)28-14-9-25(10-15-28)40-42-31-18-13-27(22-34(31)61(57,58)59)41-39-26-11-16-30(17-12-26)60(54,55)56;;/h9-18,22-24,38H,2-8,19-21H2,1H3,(H,37,47)(H,54,55,56)(H,57,58,59);;/q;2*+1. The topological polar surface area (TPSA) is 332 Å². The molecule has 0 aliphatic heterocycles. The van der Waals surface area contributed by atoms with Gasteiger partial charge in [-0.15, -0.1) is 5.11 Å². The molecule has 4 aromatic carbocycles. The first kappa shape index (κ1) is 54.3. The minimum Gasteiger partial charge on any atom is -0.375 e. The van der Waals surface area contributed by atoms with Crippen molar-refractivity contribution >= 4 is 77.3 Å². The van der Waals surface area contributed by atoms with Crippen LogP contribution in [0.1, 0.15) is 44.9 Å². The molecule has 0 unspecified atom stereocenters. The van der Waals surface area contributed by atoms with Crippen LogP contribution in [-0.4, -0.2) is 73.3 Å². The molecular weight excluding hydrogens is 891 g/mol. The summed E-state index contributed by atoms with van der Waals surface area (Å²) in [6, 6.07) is 16.8. The van der Waals surface area contributed by atoms with Crippen LogP contribution in [0.4, 0.5) is 51.2 Å². The Morgan fingerprint density at radius 3 is 1.73 bits per heavy atom. The number of nitrogens with one attached hydrogen (secondary N) is 2. The van der Waals surface area contributed by atoms with Crippen LogP contribution in [-0.2, 0) is 25.0 Å². The molecule has 63 heavy (non-hydrogen) atoms. The molecule has 0 aliphatic carbocycles. The van der Waals surface area contributed by atoms with Crippen molar-refractivity contribution in [2.75, 3.05) is 36.9 Å². The number of nitrogens with zero attached hydrogens (tertiary/aromatic N) is 8. The van der Waals surface area contributed by atoms with Gasteiger partial charge in [-0.3, -0.25) is 44.2 Å². The van der Waals surface area contributed by atoms with E-state index in [0.29, 0.717) is 63.0 Å². The second kappa shape index (κ2) is 25.5. The smallest absolute Gasteiger partial charge is 0.375 e. The van der Waals surface area contributed by atoms with Gasteiger partial charge in [-0.1, -0.05) is 6.42 Å². The molecule has 0 aromatic heterocycles. The van der Waals surface area contributed by atoms with Crippen LogP contribution in [0, 0.1) is 30.3 Å². The number of anilines is 2. The van der Waals surface area contributed by atoms with E-state index in [-0.39, 0.29) is 93.5 Å². The summed E-state index contributed by atoms with van der Waals surface area (Å²) in [7, 11) is -7.24. The summed E-state index contributed by atoms with van der Waals surface area (Å²) >= 11 is 0. The molecule has 0 aliphatic rings. The molecule has 0 fully saturated rings. The van der Waals surface area contributed by atoms with Gasteiger partial charge in [-0.2, -0.15) is 32.2 Å². The van der Waals surface area contributed by atoms with Gasteiger partial charge in [0.1, 0.15) is 10.6 Å². The fraction of sp³-hybridized carbons (Fsp3) is 0.306. The quantitative estimate of drug-likeness (QED) is 0.0207. The predicted molar refractivity (Wildman–Crippen MR) is 221 cm³/mol. The van der Waals surface area contributed by atoms with Crippen LogP contribution in [0.3, 0.4) is 0 Å². The number of hydrogen-bond acceptors (Lipinski definition) is 17. The van der Waals surface area contributed by atoms with E-state index in [1.807, 2.05) is 11.9 Å². The van der Waals surface area contributed by atoms with Crippen LogP contribution < -0.4 is 74.6 Å². The zero-order valence-electron chi connectivity index (χ0n) is 34.4. The monoisotopic (exact) mass is 930 g/mol. The van der Waals surface area contributed by atoms with E-state index in [2.05, 4.69) is 31.1 Å². The molecular formula is C36H40N10Na2O13S2+2. The van der Waals surface area contributed by atoms with Crippen molar-refractivity contribution in [1.29, 1.82) is 0 Å². The molecule has 0 heterocycles. The first-order valence-corrected chi connectivity index (χ1v) is 21.2. The van der Waals surface area contributed by atoms with E-state index in [1.54, 1.807) is 24.3 Å². The molecule has 0 saturated carbocycles. The maximum Gasteiger partial charge on any atom is 1.00 e. The molecule has 0 bridgehead atoms. The number of carbonyl (C=O) groups excluding carboxylic acids is 1. The molecule has 0 spiro atoms. The number of carbonyl (C=O) groups is 1. The fourth-order valence-corrected chi connectivity index (χ4v) is 6.73. The van der Waals surface area contributed by atoms with Crippen LogP contribution in [0.5, 0.6) is 0 Å². The first-order valence-electron chi connectivity index (χ1n) is 18.3. The molecule has 0 saturated heterocycles. The normalized spacial score (nSPS) is 11.4. The number of amides is 1. The zero-order chi connectivity index (χ0) is 44.7. The van der Waals surface area contributed by atoms with Gasteiger partial charge in [0.2, 0.25) is 5.91 Å². The number of azo groups is 2. The van der Waals surface area contributed by atoms with Crippen molar-refractivity contribution in [2.24, 2.45) is 20.5 Å². The number of non-ortho nitro benzene ring substituents is 1. The van der Waals surface area contributed by atoms with Crippen molar-refractivity contribution in [3.05, 3.63) is 109 Å². The minimum atomic E-state index is -4.75. The Bertz CT molecular complexity index is 2500. The molecule has 4 aromatic rings. The van der Waals surface area contributed by atoms with Gasteiger partial charge < -0.3 is 15.5 Å². The van der Waals surface area contributed by atoms with Crippen molar-refractivity contribution in [1.82, 2.24) is 5.32 Å². The molecule has 4 N–H and O–H groups in total. The van der Waals surface area contributed by atoms with Crippen molar-refractivity contribution in [3.8, 4) is 0 Å². The Morgan fingerprint density at radius 2 is 1.17 bits per heavy atom. The van der Waals surface area contributed by atoms with E-state index in [9.17, 15) is 56.5 Å². The van der Waals surface area contributed by atoms with Crippen molar-refractivity contribution < 1.29 is 105 Å². The van der Waals surface area contributed by atoms with Crippen LogP contribution >= 0.6 is 0 Å². The number of nitro groups is 3. The Hall–Kier alpha value is -4.83. The predicted octanol–water partition coefficient (Wildman–Crippen LogP) is 2.14. The average molecular weight is 931 g/mol. The molecule has 27 heteroatoms. The van der Waals surface area contributed by atoms with Gasteiger partial charge in [0.25, 0.3) is 25.9 Å². The second-order valence-electron chi connectivity index (χ2n) is 13.2. The van der Waals surface area contributed by atoms with E-state index in [4.69, 9.17) is 4.55 Å². The van der Waals surface area contributed by atoms with Crippen molar-refractivity contribution in [2.45, 2.75) is 54.7 Å². The molecule has 0 radical (unpaired) electrons. The molecule has 23 nitrogen and oxygen atoms in total. The van der Waals surface area contributed by atoms with Gasteiger partial charge in [0.15, 0.2) is 5.69 Å². The Balaban J connectivity index is 0.00000683. The van der Waals surface area contributed by atoms with Gasteiger partial charge in [0.05, 0.1) is 48.9 Å². The van der Waals surface area contributed by atoms with Gasteiger partial charge >= 0.3 is 70.5 Å². The zero-order valence-corrected chi connectivity index (χ0v) is 40.0. The number of rotatable bonds is 23. The number of benzene rings is 4. The largest absolute Gasteiger partial charge is 1.00 e. The van der Waals surface area contributed by atoms with E-state index < -0.39 is 62.7 Å². The van der Waals surface area contributed by atoms with Crippen LogP contribution in [0.25, 0.3) is 0 Å². The summed E-state index contributed by atoms with van der Waals surface area (Å²) in [4.78, 5) is 44.4. The summed E-state index contributed by atoms with van der Waals surface area (Å²) < 4.78 is 65.6. The third kappa shape index (κ3) is 17.3. The average Bonchev–Trinajstić information content (AvgIpc) is 3.21. The molecule has 324 valence electrons. The van der Waals surface area contributed by atoms with Crippen molar-refractivity contribution in [3.63, 3.8) is 0 Å². The van der Waals surface area contributed by atoms with Crippen LogP contribution in [0.15, 0.2) is 109 Å². The number of nitro benzene ring substituents is 3. The Kier molecular flexibility index (Phi) is 21.9. The maximum absolute atomic E-state index is 12.3. The maximum atomic E-state index is 12.3.